The summed E-state index contributed by atoms with van der Waals surface area (Å²) in [5.74, 6) is 0.527. The molecule has 22 heavy (non-hydrogen) atoms. The van der Waals surface area contributed by atoms with Gasteiger partial charge in [-0.1, -0.05) is 18.2 Å². The molecule has 2 rings (SSSR count). The van der Waals surface area contributed by atoms with Crippen molar-refractivity contribution in [2.75, 3.05) is 7.05 Å². The number of hydrogen-bond donors (Lipinski definition) is 2. The lowest BCUT2D eigenvalue weighted by molar-refractivity contribution is 0.607. The van der Waals surface area contributed by atoms with E-state index in [1.54, 1.807) is 37.4 Å². The highest BCUT2D eigenvalue weighted by Gasteiger charge is 2.09. The summed E-state index contributed by atoms with van der Waals surface area (Å²) in [4.78, 5) is 5.44. The summed E-state index contributed by atoms with van der Waals surface area (Å²) in [5.41, 5.74) is 1.56. The quantitative estimate of drug-likeness (QED) is 0.430. The molecule has 0 amide bonds. The maximum absolute atomic E-state index is 13.6. The molecule has 1 unspecified atom stereocenters. The molecule has 0 bridgehead atoms. The first kappa shape index (κ1) is 18.9. The molecule has 1 atom stereocenters. The predicted octanol–water partition coefficient (Wildman–Crippen LogP) is 4.24. The molecule has 0 spiro atoms. The topological polar surface area (TPSA) is 36.4 Å². The molecule has 3 nitrogen and oxygen atoms in total. The van der Waals surface area contributed by atoms with Crippen LogP contribution in [0, 0.1) is 12.7 Å². The van der Waals surface area contributed by atoms with Gasteiger partial charge < -0.3 is 10.6 Å². The third-order valence-electron chi connectivity index (χ3n) is 3.28. The monoisotopic (exact) mass is 433 g/mol. The number of thiophene rings is 1. The van der Waals surface area contributed by atoms with Crippen LogP contribution in [-0.4, -0.2) is 13.0 Å². The number of benzene rings is 1. The van der Waals surface area contributed by atoms with Crippen LogP contribution in [0.15, 0.2) is 40.7 Å². The summed E-state index contributed by atoms with van der Waals surface area (Å²) >= 11 is 1.70. The van der Waals surface area contributed by atoms with E-state index in [9.17, 15) is 4.39 Å². The molecule has 2 aromatic rings. The zero-order valence-corrected chi connectivity index (χ0v) is 16.0. The summed E-state index contributed by atoms with van der Waals surface area (Å²) in [5, 5.41) is 8.57. The Kier molecular flexibility index (Phi) is 7.81. The molecule has 0 saturated carbocycles. The van der Waals surface area contributed by atoms with Crippen LogP contribution in [-0.2, 0) is 6.54 Å². The van der Waals surface area contributed by atoms with Crippen molar-refractivity contribution in [2.24, 2.45) is 4.99 Å². The van der Waals surface area contributed by atoms with Crippen molar-refractivity contribution in [3.63, 3.8) is 0 Å². The van der Waals surface area contributed by atoms with E-state index in [1.165, 1.54) is 4.88 Å². The lowest BCUT2D eigenvalue weighted by Gasteiger charge is -2.18. The molecule has 6 heteroatoms. The Morgan fingerprint density at radius 2 is 2.14 bits per heavy atom. The molecular formula is C16H21FIN3S. The van der Waals surface area contributed by atoms with Gasteiger partial charge in [0.1, 0.15) is 5.82 Å². The normalized spacial score (nSPS) is 12.5. The number of aryl methyl sites for hydroxylation is 1. The van der Waals surface area contributed by atoms with Gasteiger partial charge in [-0.25, -0.2) is 4.39 Å². The number of hydrogen-bond acceptors (Lipinski definition) is 2. The van der Waals surface area contributed by atoms with E-state index in [-0.39, 0.29) is 35.8 Å². The molecule has 0 fully saturated rings. The first-order chi connectivity index (χ1) is 10.1. The van der Waals surface area contributed by atoms with Gasteiger partial charge in [0.05, 0.1) is 12.6 Å². The first-order valence-corrected chi connectivity index (χ1v) is 7.73. The number of rotatable bonds is 4. The summed E-state index contributed by atoms with van der Waals surface area (Å²) < 4.78 is 13.6. The largest absolute Gasteiger partial charge is 0.352 e. The van der Waals surface area contributed by atoms with Gasteiger partial charge in [0.25, 0.3) is 0 Å². The molecule has 2 N–H and O–H groups in total. The Morgan fingerprint density at radius 1 is 1.36 bits per heavy atom. The summed E-state index contributed by atoms with van der Waals surface area (Å²) in [6.07, 6.45) is 0. The Balaban J connectivity index is 0.00000242. The second kappa shape index (κ2) is 9.09. The van der Waals surface area contributed by atoms with Crippen LogP contribution in [0.3, 0.4) is 0 Å². The van der Waals surface area contributed by atoms with E-state index in [0.717, 1.165) is 12.1 Å². The van der Waals surface area contributed by atoms with Crippen molar-refractivity contribution in [1.82, 2.24) is 10.6 Å². The summed E-state index contributed by atoms with van der Waals surface area (Å²) in [6, 6.07) is 9.38. The molecular weight excluding hydrogens is 412 g/mol. The first-order valence-electron chi connectivity index (χ1n) is 6.85. The Bertz CT molecular complexity index is 614. The molecule has 0 aliphatic rings. The average molecular weight is 433 g/mol. The molecule has 120 valence electrons. The van der Waals surface area contributed by atoms with Crippen LogP contribution < -0.4 is 10.6 Å². The van der Waals surface area contributed by atoms with E-state index in [1.807, 2.05) is 24.4 Å². The lowest BCUT2D eigenvalue weighted by atomic mass is 10.1. The second-order valence-electron chi connectivity index (χ2n) is 4.88. The minimum Gasteiger partial charge on any atom is -0.352 e. The molecule has 0 aliphatic heterocycles. The van der Waals surface area contributed by atoms with Crippen LogP contribution in [0.4, 0.5) is 4.39 Å². The Hall–Kier alpha value is -1.15. The van der Waals surface area contributed by atoms with Crippen molar-refractivity contribution < 1.29 is 4.39 Å². The molecule has 0 radical (unpaired) electrons. The highest BCUT2D eigenvalue weighted by atomic mass is 127. The van der Waals surface area contributed by atoms with E-state index in [4.69, 9.17) is 0 Å². The summed E-state index contributed by atoms with van der Waals surface area (Å²) in [7, 11) is 1.73. The van der Waals surface area contributed by atoms with Crippen LogP contribution >= 0.6 is 35.3 Å². The molecule has 0 saturated heterocycles. The maximum atomic E-state index is 13.6. The highest BCUT2D eigenvalue weighted by Crippen LogP contribution is 2.16. The van der Waals surface area contributed by atoms with Crippen LogP contribution in [0.1, 0.15) is 29.0 Å². The van der Waals surface area contributed by atoms with Crippen LogP contribution in [0.2, 0.25) is 0 Å². The van der Waals surface area contributed by atoms with E-state index < -0.39 is 0 Å². The Morgan fingerprint density at radius 3 is 2.73 bits per heavy atom. The fraction of sp³-hybridized carbons (Fsp3) is 0.312. The van der Waals surface area contributed by atoms with Gasteiger partial charge >= 0.3 is 0 Å². The molecule has 0 aliphatic carbocycles. The van der Waals surface area contributed by atoms with E-state index in [0.29, 0.717) is 11.5 Å². The lowest BCUT2D eigenvalue weighted by Crippen LogP contribution is -2.38. The number of aliphatic imine (C=N–C) groups is 1. The zero-order valence-electron chi connectivity index (χ0n) is 12.9. The minimum absolute atomic E-state index is 0. The maximum Gasteiger partial charge on any atom is 0.191 e. The van der Waals surface area contributed by atoms with Gasteiger partial charge in [-0.15, -0.1) is 35.3 Å². The fourth-order valence-electron chi connectivity index (χ4n) is 1.95. The number of guanidine groups is 1. The van der Waals surface area contributed by atoms with Gasteiger partial charge in [0.2, 0.25) is 0 Å². The molecule has 1 heterocycles. The van der Waals surface area contributed by atoms with Crippen molar-refractivity contribution in [3.8, 4) is 0 Å². The third-order valence-corrected chi connectivity index (χ3v) is 4.16. The van der Waals surface area contributed by atoms with Gasteiger partial charge in [-0.2, -0.15) is 0 Å². The van der Waals surface area contributed by atoms with E-state index >= 15 is 0 Å². The Labute approximate surface area is 152 Å². The third kappa shape index (κ3) is 5.24. The molecule has 1 aromatic heterocycles. The van der Waals surface area contributed by atoms with Gasteiger partial charge in [-0.05, 0) is 42.5 Å². The van der Waals surface area contributed by atoms with E-state index in [2.05, 4.69) is 21.7 Å². The second-order valence-corrected chi connectivity index (χ2v) is 5.91. The predicted molar refractivity (Wildman–Crippen MR) is 103 cm³/mol. The minimum atomic E-state index is -0.178. The van der Waals surface area contributed by atoms with Crippen molar-refractivity contribution in [2.45, 2.75) is 26.4 Å². The van der Waals surface area contributed by atoms with Gasteiger partial charge in [0.15, 0.2) is 5.96 Å². The fourth-order valence-corrected chi connectivity index (χ4v) is 2.59. The smallest absolute Gasteiger partial charge is 0.191 e. The standard InChI is InChI=1S/C16H20FN3S.HI/c1-11-6-7-13(9-15(11)17)12(2)20-16(18-3)19-10-14-5-4-8-21-14;/h4-9,12H,10H2,1-3H3,(H2,18,19,20);1H. The zero-order chi connectivity index (χ0) is 15.2. The van der Waals surface area contributed by atoms with Crippen molar-refractivity contribution in [1.29, 1.82) is 0 Å². The SMILES string of the molecule is CN=C(NCc1cccs1)NC(C)c1ccc(C)c(F)c1.I. The van der Waals surface area contributed by atoms with Gasteiger partial charge in [0, 0.05) is 11.9 Å². The van der Waals surface area contributed by atoms with Crippen LogP contribution in [0.25, 0.3) is 0 Å². The van der Waals surface area contributed by atoms with Crippen molar-refractivity contribution in [3.05, 3.63) is 57.5 Å². The highest BCUT2D eigenvalue weighted by molar-refractivity contribution is 14.0. The molecule has 1 aromatic carbocycles. The number of nitrogens with one attached hydrogen (secondary N) is 2. The average Bonchev–Trinajstić information content (AvgIpc) is 2.99. The van der Waals surface area contributed by atoms with Gasteiger partial charge in [-0.3, -0.25) is 4.99 Å². The van der Waals surface area contributed by atoms with Crippen LogP contribution in [0.5, 0.6) is 0 Å². The number of nitrogens with zero attached hydrogens (tertiary/aromatic N) is 1. The van der Waals surface area contributed by atoms with Crippen molar-refractivity contribution >= 4 is 41.3 Å². The number of halogens is 2. The summed E-state index contributed by atoms with van der Waals surface area (Å²) in [6.45, 7) is 4.48.